The van der Waals surface area contributed by atoms with E-state index in [-0.39, 0.29) is 12.2 Å². The van der Waals surface area contributed by atoms with Crippen LogP contribution in [0.3, 0.4) is 0 Å². The van der Waals surface area contributed by atoms with E-state index in [1.807, 2.05) is 0 Å². The molecule has 1 N–H and O–H groups in total. The Morgan fingerprint density at radius 2 is 2.06 bits per heavy atom. The summed E-state index contributed by atoms with van der Waals surface area (Å²) < 4.78 is 3.01. The molecule has 1 heterocycles. The molecule has 0 bridgehead atoms. The first-order chi connectivity index (χ1) is 7.65. The van der Waals surface area contributed by atoms with Crippen molar-refractivity contribution in [2.75, 3.05) is 0 Å². The smallest absolute Gasteiger partial charge is 0.271 e. The number of hydrogen-bond donors (Lipinski definition) is 1. The van der Waals surface area contributed by atoms with Gasteiger partial charge in [-0.3, -0.25) is 9.48 Å². The van der Waals surface area contributed by atoms with Crippen LogP contribution in [0.15, 0.2) is 35.1 Å². The molecule has 5 heteroatoms. The molecule has 0 unspecified atom stereocenters. The lowest BCUT2D eigenvalue weighted by atomic mass is 10.3. The predicted octanol–water partition coefficient (Wildman–Crippen LogP) is 1.32. The Morgan fingerprint density at radius 3 is 2.62 bits per heavy atom. The van der Waals surface area contributed by atoms with Gasteiger partial charge in [0.15, 0.2) is 0 Å². The van der Waals surface area contributed by atoms with Gasteiger partial charge in [-0.15, -0.1) is 0 Å². The molecule has 4 nitrogen and oxygen atoms in total. The number of benzene rings is 1. The van der Waals surface area contributed by atoms with Gasteiger partial charge in [0.25, 0.3) is 5.56 Å². The second-order valence-corrected chi connectivity index (χ2v) is 3.83. The maximum absolute atomic E-state index is 11.7. The highest BCUT2D eigenvalue weighted by molar-refractivity contribution is 6.32. The zero-order valence-electron chi connectivity index (χ0n) is 8.72. The number of hydrogen-bond acceptors (Lipinski definition) is 2. The Hall–Kier alpha value is -1.52. The second kappa shape index (κ2) is 4.15. The minimum absolute atomic E-state index is 0.177. The maximum Gasteiger partial charge on any atom is 0.271 e. The maximum atomic E-state index is 11.7. The van der Waals surface area contributed by atoms with Gasteiger partial charge in [0, 0.05) is 13.1 Å². The summed E-state index contributed by atoms with van der Waals surface area (Å²) in [4.78, 5) is 11.7. The fourth-order valence-corrected chi connectivity index (χ4v) is 1.84. The quantitative estimate of drug-likeness (QED) is 0.858. The molecule has 16 heavy (non-hydrogen) atoms. The highest BCUT2D eigenvalue weighted by Crippen LogP contribution is 2.18. The molecule has 0 radical (unpaired) electrons. The third-order valence-corrected chi connectivity index (χ3v) is 2.78. The van der Waals surface area contributed by atoms with Crippen molar-refractivity contribution >= 4 is 11.6 Å². The Kier molecular flexibility index (Phi) is 2.85. The summed E-state index contributed by atoms with van der Waals surface area (Å²) in [5.74, 6) is 0. The van der Waals surface area contributed by atoms with Crippen LogP contribution >= 0.6 is 11.6 Å². The Morgan fingerprint density at radius 1 is 1.38 bits per heavy atom. The van der Waals surface area contributed by atoms with Crippen molar-refractivity contribution in [1.29, 1.82) is 0 Å². The lowest BCUT2D eigenvalue weighted by Gasteiger charge is -2.10. The van der Waals surface area contributed by atoms with Crippen LogP contribution in [0, 0.1) is 0 Å². The normalized spacial score (nSPS) is 10.7. The van der Waals surface area contributed by atoms with Crippen LogP contribution < -0.4 is 5.56 Å². The van der Waals surface area contributed by atoms with E-state index < -0.39 is 0 Å². The number of aliphatic hydroxyl groups is 1. The summed E-state index contributed by atoms with van der Waals surface area (Å²) in [5, 5.41) is 9.56. The molecule has 1 aromatic heterocycles. The number of aliphatic hydroxyl groups excluding tert-OH is 1. The van der Waals surface area contributed by atoms with E-state index in [2.05, 4.69) is 0 Å². The highest BCUT2D eigenvalue weighted by Gasteiger charge is 2.11. The minimum Gasteiger partial charge on any atom is -0.390 e. The van der Waals surface area contributed by atoms with E-state index in [9.17, 15) is 4.79 Å². The number of nitrogens with zero attached hydrogens (tertiary/aromatic N) is 2. The van der Waals surface area contributed by atoms with Gasteiger partial charge in [0.2, 0.25) is 0 Å². The van der Waals surface area contributed by atoms with Gasteiger partial charge in [0.1, 0.15) is 0 Å². The van der Waals surface area contributed by atoms with Gasteiger partial charge in [-0.05, 0) is 12.1 Å². The zero-order valence-corrected chi connectivity index (χ0v) is 9.48. The molecule has 0 saturated carbocycles. The van der Waals surface area contributed by atoms with Crippen LogP contribution in [0.5, 0.6) is 0 Å². The molecule has 0 fully saturated rings. The van der Waals surface area contributed by atoms with Gasteiger partial charge >= 0.3 is 0 Å². The summed E-state index contributed by atoms with van der Waals surface area (Å²) in [7, 11) is 1.70. The largest absolute Gasteiger partial charge is 0.390 e. The molecule has 0 aliphatic heterocycles. The topological polar surface area (TPSA) is 47.2 Å². The van der Waals surface area contributed by atoms with Crippen LogP contribution in [0.25, 0.3) is 5.69 Å². The minimum atomic E-state index is -0.209. The highest BCUT2D eigenvalue weighted by atomic mass is 35.5. The van der Waals surface area contributed by atoms with E-state index in [1.165, 1.54) is 10.7 Å². The fraction of sp³-hybridized carbons (Fsp3) is 0.182. The van der Waals surface area contributed by atoms with E-state index in [0.717, 1.165) is 0 Å². The van der Waals surface area contributed by atoms with E-state index >= 15 is 0 Å². The number of para-hydroxylation sites is 1. The Labute approximate surface area is 97.3 Å². The number of halogens is 1. The van der Waals surface area contributed by atoms with Crippen molar-refractivity contribution in [3.8, 4) is 5.69 Å². The third-order valence-electron chi connectivity index (χ3n) is 2.46. The number of rotatable bonds is 2. The first-order valence-electron chi connectivity index (χ1n) is 4.79. The summed E-state index contributed by atoms with van der Waals surface area (Å²) in [6.45, 7) is -0.177. The predicted molar refractivity (Wildman–Crippen MR) is 61.9 cm³/mol. The Balaban J connectivity index is 2.70. The molecular formula is C11H11ClN2O2. The standard InChI is InChI=1S/C11H11ClN2O2/c1-13-8(7-15)6-11(16)14(13)10-5-3-2-4-9(10)12/h2-6,15H,7H2,1H3. The molecule has 0 saturated heterocycles. The molecule has 2 aromatic rings. The lowest BCUT2D eigenvalue weighted by molar-refractivity contribution is 0.269. The van der Waals surface area contributed by atoms with Gasteiger partial charge in [-0.25, -0.2) is 4.68 Å². The van der Waals surface area contributed by atoms with Crippen molar-refractivity contribution in [3.05, 3.63) is 51.4 Å². The van der Waals surface area contributed by atoms with Crippen molar-refractivity contribution in [2.24, 2.45) is 7.05 Å². The van der Waals surface area contributed by atoms with E-state index in [0.29, 0.717) is 16.4 Å². The van der Waals surface area contributed by atoms with Crippen LogP contribution in [-0.4, -0.2) is 14.5 Å². The molecule has 0 atom stereocenters. The molecule has 1 aromatic carbocycles. The van der Waals surface area contributed by atoms with Crippen LogP contribution in [-0.2, 0) is 13.7 Å². The van der Waals surface area contributed by atoms with Crippen LogP contribution in [0.1, 0.15) is 5.69 Å². The number of aromatic nitrogens is 2. The third kappa shape index (κ3) is 1.66. The molecule has 0 spiro atoms. The van der Waals surface area contributed by atoms with Crippen LogP contribution in [0.2, 0.25) is 5.02 Å². The van der Waals surface area contributed by atoms with E-state index in [4.69, 9.17) is 16.7 Å². The fourth-order valence-electron chi connectivity index (χ4n) is 1.63. The van der Waals surface area contributed by atoms with Crippen molar-refractivity contribution < 1.29 is 5.11 Å². The zero-order chi connectivity index (χ0) is 11.7. The van der Waals surface area contributed by atoms with Crippen LogP contribution in [0.4, 0.5) is 0 Å². The Bertz CT molecular complexity index is 572. The average Bonchev–Trinajstić information content (AvgIpc) is 2.55. The summed E-state index contributed by atoms with van der Waals surface area (Å²) in [6, 6.07) is 8.47. The van der Waals surface area contributed by atoms with Crippen molar-refractivity contribution in [1.82, 2.24) is 9.36 Å². The molecular weight excluding hydrogens is 228 g/mol. The summed E-state index contributed by atoms with van der Waals surface area (Å²) in [5.41, 5.74) is 0.945. The summed E-state index contributed by atoms with van der Waals surface area (Å²) in [6.07, 6.45) is 0. The second-order valence-electron chi connectivity index (χ2n) is 3.42. The van der Waals surface area contributed by atoms with Crippen molar-refractivity contribution in [2.45, 2.75) is 6.61 Å². The van der Waals surface area contributed by atoms with Crippen molar-refractivity contribution in [3.63, 3.8) is 0 Å². The molecule has 84 valence electrons. The monoisotopic (exact) mass is 238 g/mol. The summed E-state index contributed by atoms with van der Waals surface area (Å²) >= 11 is 6.02. The van der Waals surface area contributed by atoms with Gasteiger partial charge in [-0.2, -0.15) is 0 Å². The van der Waals surface area contributed by atoms with Gasteiger partial charge in [0.05, 0.1) is 23.0 Å². The van der Waals surface area contributed by atoms with Gasteiger partial charge < -0.3 is 5.11 Å². The average molecular weight is 239 g/mol. The molecule has 0 amide bonds. The van der Waals surface area contributed by atoms with E-state index in [1.54, 1.807) is 36.0 Å². The first-order valence-corrected chi connectivity index (χ1v) is 5.16. The lowest BCUT2D eigenvalue weighted by Crippen LogP contribution is -2.19. The molecule has 0 aliphatic carbocycles. The first kappa shape index (κ1) is 11.0. The SMILES string of the molecule is Cn1c(CO)cc(=O)n1-c1ccccc1Cl. The van der Waals surface area contributed by atoms with Gasteiger partial charge in [-0.1, -0.05) is 23.7 Å². The molecule has 2 rings (SSSR count). The molecule has 0 aliphatic rings.